The number of anilines is 2. The number of nitrogens with zero attached hydrogens (tertiary/aromatic N) is 3. The van der Waals surface area contributed by atoms with Crippen LogP contribution in [0.4, 0.5) is 24.8 Å². The van der Waals surface area contributed by atoms with Gasteiger partial charge in [0.1, 0.15) is 11.6 Å². The number of carbonyl (C=O) groups excluding carboxylic acids is 2. The Kier molecular flexibility index (Phi) is 3.50. The third kappa shape index (κ3) is 2.73. The van der Waals surface area contributed by atoms with E-state index in [0.29, 0.717) is 13.1 Å². The maximum atomic E-state index is 13.1. The molecule has 0 aromatic carbocycles. The fourth-order valence-corrected chi connectivity index (χ4v) is 2.31. The van der Waals surface area contributed by atoms with Crippen LogP contribution in [0.25, 0.3) is 0 Å². The Labute approximate surface area is 129 Å². The van der Waals surface area contributed by atoms with Gasteiger partial charge in [0, 0.05) is 24.7 Å². The Hall–Kier alpha value is -2.58. The lowest BCUT2D eigenvalue weighted by Gasteiger charge is -2.34. The molecule has 1 saturated heterocycles. The van der Waals surface area contributed by atoms with Crippen LogP contribution in [-0.4, -0.2) is 34.9 Å². The molecule has 1 aromatic heterocycles. The Bertz CT molecular complexity index is 710. The summed E-state index contributed by atoms with van der Waals surface area (Å²) in [5.74, 6) is -1.33. The molecule has 3 heterocycles. The van der Waals surface area contributed by atoms with Crippen LogP contribution >= 0.6 is 0 Å². The van der Waals surface area contributed by atoms with Gasteiger partial charge in [0.2, 0.25) is 0 Å². The van der Waals surface area contributed by atoms with E-state index in [2.05, 4.69) is 10.4 Å². The molecule has 0 radical (unpaired) electrons. The summed E-state index contributed by atoms with van der Waals surface area (Å²) >= 11 is 0. The highest BCUT2D eigenvalue weighted by Crippen LogP contribution is 2.37. The molecule has 0 bridgehead atoms. The molecule has 0 aliphatic carbocycles. The molecule has 1 aromatic rings. The number of halogens is 3. The number of amides is 2. The van der Waals surface area contributed by atoms with Crippen molar-refractivity contribution in [1.82, 2.24) is 9.99 Å². The number of carbonyl (C=O) groups is 2. The lowest BCUT2D eigenvalue weighted by molar-refractivity contribution is -0.138. The molecule has 0 saturated carbocycles. The number of rotatable bonds is 3. The molecule has 1 N–H and O–H groups in total. The van der Waals surface area contributed by atoms with E-state index in [1.54, 1.807) is 0 Å². The Morgan fingerprint density at radius 3 is 2.39 bits per heavy atom. The Morgan fingerprint density at radius 2 is 1.91 bits per heavy atom. The van der Waals surface area contributed by atoms with Crippen molar-refractivity contribution in [2.24, 2.45) is 0 Å². The number of hydrazine groups is 1. The van der Waals surface area contributed by atoms with Gasteiger partial charge in [0.05, 0.1) is 5.56 Å². The van der Waals surface area contributed by atoms with Crippen LogP contribution in [0.3, 0.4) is 0 Å². The van der Waals surface area contributed by atoms with Crippen molar-refractivity contribution in [1.29, 1.82) is 0 Å². The number of aromatic nitrogens is 1. The van der Waals surface area contributed by atoms with Gasteiger partial charge in [-0.2, -0.15) is 18.2 Å². The van der Waals surface area contributed by atoms with E-state index in [-0.39, 0.29) is 17.2 Å². The quantitative estimate of drug-likeness (QED) is 0.860. The van der Waals surface area contributed by atoms with E-state index in [9.17, 15) is 22.8 Å². The van der Waals surface area contributed by atoms with E-state index in [4.69, 9.17) is 0 Å². The summed E-state index contributed by atoms with van der Waals surface area (Å²) in [4.78, 5) is 28.9. The first-order valence-electron chi connectivity index (χ1n) is 6.94. The molecule has 9 heteroatoms. The molecule has 6 nitrogen and oxygen atoms in total. The van der Waals surface area contributed by atoms with Gasteiger partial charge >= 0.3 is 6.18 Å². The third-order valence-electron chi connectivity index (χ3n) is 3.66. The maximum Gasteiger partial charge on any atom is 0.419 e. The summed E-state index contributed by atoms with van der Waals surface area (Å²) in [6, 6.07) is 1.99. The zero-order valence-corrected chi connectivity index (χ0v) is 12.1. The summed E-state index contributed by atoms with van der Waals surface area (Å²) in [6.45, 7) is 2.46. The first-order valence-corrected chi connectivity index (χ1v) is 6.94. The van der Waals surface area contributed by atoms with Crippen LogP contribution in [0, 0.1) is 0 Å². The highest BCUT2D eigenvalue weighted by Gasteiger charge is 2.37. The maximum absolute atomic E-state index is 13.1. The predicted octanol–water partition coefficient (Wildman–Crippen LogP) is 1.95. The standard InChI is InChI=1S/C14H13F3N4O2/c1-8-7-11(22)21(13(8)23)19-10-4-3-9(14(15,16)17)12(18-10)20-5-2-6-20/h3-4,7H,2,5-6H2,1H3,(H,18,19). The van der Waals surface area contributed by atoms with Crippen LogP contribution in [0.2, 0.25) is 0 Å². The van der Waals surface area contributed by atoms with Gasteiger partial charge in [-0.1, -0.05) is 0 Å². The van der Waals surface area contributed by atoms with Crippen molar-refractivity contribution < 1.29 is 22.8 Å². The highest BCUT2D eigenvalue weighted by atomic mass is 19.4. The molecular formula is C14H13F3N4O2. The van der Waals surface area contributed by atoms with Gasteiger partial charge in [0.25, 0.3) is 11.8 Å². The minimum absolute atomic E-state index is 0.00435. The minimum atomic E-state index is -4.52. The molecule has 1 fully saturated rings. The van der Waals surface area contributed by atoms with E-state index in [0.717, 1.165) is 29.6 Å². The van der Waals surface area contributed by atoms with Crippen molar-refractivity contribution in [3.05, 3.63) is 29.3 Å². The topological polar surface area (TPSA) is 65.5 Å². The van der Waals surface area contributed by atoms with Crippen molar-refractivity contribution in [3.8, 4) is 0 Å². The normalized spacial score (nSPS) is 18.2. The minimum Gasteiger partial charge on any atom is -0.356 e. The molecular weight excluding hydrogens is 313 g/mol. The Balaban J connectivity index is 1.90. The zero-order chi connectivity index (χ0) is 16.8. The average molecular weight is 326 g/mol. The monoisotopic (exact) mass is 326 g/mol. The number of imide groups is 1. The lowest BCUT2D eigenvalue weighted by Crippen LogP contribution is -2.40. The highest BCUT2D eigenvalue weighted by molar-refractivity contribution is 6.16. The average Bonchev–Trinajstić information content (AvgIpc) is 2.62. The first kappa shape index (κ1) is 15.3. The van der Waals surface area contributed by atoms with Crippen LogP contribution < -0.4 is 10.3 Å². The second kappa shape index (κ2) is 5.25. The Morgan fingerprint density at radius 1 is 1.22 bits per heavy atom. The van der Waals surface area contributed by atoms with Gasteiger partial charge in [0.15, 0.2) is 0 Å². The van der Waals surface area contributed by atoms with E-state index in [1.165, 1.54) is 11.8 Å². The molecule has 23 heavy (non-hydrogen) atoms. The molecule has 2 amide bonds. The first-order chi connectivity index (χ1) is 10.8. The summed E-state index contributed by atoms with van der Waals surface area (Å²) in [5, 5.41) is 0.727. The number of pyridine rings is 1. The molecule has 0 atom stereocenters. The van der Waals surface area contributed by atoms with Crippen molar-refractivity contribution in [3.63, 3.8) is 0 Å². The van der Waals surface area contributed by atoms with Crippen LogP contribution in [0.5, 0.6) is 0 Å². The van der Waals surface area contributed by atoms with Crippen molar-refractivity contribution in [2.45, 2.75) is 19.5 Å². The molecule has 0 unspecified atom stereocenters. The van der Waals surface area contributed by atoms with Crippen LogP contribution in [-0.2, 0) is 15.8 Å². The van der Waals surface area contributed by atoms with Crippen LogP contribution in [0.1, 0.15) is 18.9 Å². The van der Waals surface area contributed by atoms with E-state index >= 15 is 0 Å². The molecule has 2 aliphatic rings. The third-order valence-corrected chi connectivity index (χ3v) is 3.66. The number of hydrogen-bond donors (Lipinski definition) is 1. The van der Waals surface area contributed by atoms with Crippen molar-refractivity contribution >= 4 is 23.5 Å². The summed E-state index contributed by atoms with van der Waals surface area (Å²) in [5.41, 5.74) is 1.88. The summed E-state index contributed by atoms with van der Waals surface area (Å²) < 4.78 is 39.2. The molecule has 122 valence electrons. The van der Waals surface area contributed by atoms with Gasteiger partial charge in [-0.15, -0.1) is 0 Å². The molecule has 3 rings (SSSR count). The summed E-state index contributed by atoms with van der Waals surface area (Å²) in [6.07, 6.45) is -2.58. The summed E-state index contributed by atoms with van der Waals surface area (Å²) in [7, 11) is 0. The van der Waals surface area contributed by atoms with Crippen molar-refractivity contribution in [2.75, 3.05) is 23.4 Å². The fraction of sp³-hybridized carbons (Fsp3) is 0.357. The number of alkyl halides is 3. The molecule has 2 aliphatic heterocycles. The molecule has 0 spiro atoms. The predicted molar refractivity (Wildman–Crippen MR) is 75.3 cm³/mol. The van der Waals surface area contributed by atoms with Crippen LogP contribution in [0.15, 0.2) is 23.8 Å². The largest absolute Gasteiger partial charge is 0.419 e. The van der Waals surface area contributed by atoms with Gasteiger partial charge in [-0.25, -0.2) is 4.98 Å². The smallest absolute Gasteiger partial charge is 0.356 e. The lowest BCUT2D eigenvalue weighted by atomic mass is 10.1. The van der Waals surface area contributed by atoms with Gasteiger partial charge in [-0.3, -0.25) is 15.0 Å². The zero-order valence-electron chi connectivity index (χ0n) is 12.1. The van der Waals surface area contributed by atoms with E-state index < -0.39 is 23.6 Å². The second-order valence-corrected chi connectivity index (χ2v) is 5.32. The SMILES string of the molecule is CC1=CC(=O)N(Nc2ccc(C(F)(F)F)c(N3CCC3)n2)C1=O. The number of nitrogens with one attached hydrogen (secondary N) is 1. The van der Waals surface area contributed by atoms with Gasteiger partial charge in [-0.05, 0) is 25.5 Å². The number of hydrogen-bond acceptors (Lipinski definition) is 5. The van der Waals surface area contributed by atoms with Gasteiger partial charge < -0.3 is 4.90 Å². The second-order valence-electron chi connectivity index (χ2n) is 5.32. The fourth-order valence-electron chi connectivity index (χ4n) is 2.31. The van der Waals surface area contributed by atoms with E-state index in [1.807, 2.05) is 0 Å².